The average molecular weight is 226 g/mol. The Morgan fingerprint density at radius 3 is 2.44 bits per heavy atom. The first-order valence-corrected chi connectivity index (χ1v) is 7.15. The predicted octanol–water partition coefficient (Wildman–Crippen LogP) is 2.74. The summed E-state index contributed by atoms with van der Waals surface area (Å²) in [7, 11) is 0. The van der Waals surface area contributed by atoms with Crippen molar-refractivity contribution in [1.29, 1.82) is 0 Å². The first-order chi connectivity index (χ1) is 7.72. The summed E-state index contributed by atoms with van der Waals surface area (Å²) in [4.78, 5) is 2.62. The first-order valence-electron chi connectivity index (χ1n) is 7.15. The van der Waals surface area contributed by atoms with E-state index in [-0.39, 0.29) is 0 Å². The minimum atomic E-state index is 0.827. The van der Waals surface area contributed by atoms with Gasteiger partial charge in [0.15, 0.2) is 0 Å². The summed E-state index contributed by atoms with van der Waals surface area (Å²) in [6, 6.07) is 0. The molecule has 0 aliphatic carbocycles. The van der Waals surface area contributed by atoms with Gasteiger partial charge in [-0.05, 0) is 50.7 Å². The van der Waals surface area contributed by atoms with Crippen LogP contribution in [0.15, 0.2) is 0 Å². The molecule has 1 saturated heterocycles. The van der Waals surface area contributed by atoms with Crippen LogP contribution in [-0.4, -0.2) is 37.6 Å². The molecule has 0 aromatic heterocycles. The van der Waals surface area contributed by atoms with E-state index in [1.54, 1.807) is 0 Å². The van der Waals surface area contributed by atoms with Gasteiger partial charge in [0.1, 0.15) is 0 Å². The fourth-order valence-corrected chi connectivity index (χ4v) is 2.37. The SMILES string of the molecule is CCC1CCN(CCNCCC(C)C)CC1. The lowest BCUT2D eigenvalue weighted by atomic mass is 9.94. The van der Waals surface area contributed by atoms with E-state index in [2.05, 4.69) is 31.0 Å². The maximum Gasteiger partial charge on any atom is 0.0107 e. The Kier molecular flexibility index (Phi) is 7.06. The largest absolute Gasteiger partial charge is 0.315 e. The minimum absolute atomic E-state index is 0.827. The van der Waals surface area contributed by atoms with E-state index in [9.17, 15) is 0 Å². The first kappa shape index (κ1) is 14.0. The molecule has 1 N–H and O–H groups in total. The zero-order valence-electron chi connectivity index (χ0n) is 11.5. The van der Waals surface area contributed by atoms with Crippen LogP contribution < -0.4 is 5.32 Å². The molecular formula is C14H30N2. The average Bonchev–Trinajstić information content (AvgIpc) is 2.29. The highest BCUT2D eigenvalue weighted by Gasteiger charge is 2.16. The van der Waals surface area contributed by atoms with Crippen molar-refractivity contribution >= 4 is 0 Å². The Morgan fingerprint density at radius 2 is 1.88 bits per heavy atom. The topological polar surface area (TPSA) is 15.3 Å². The maximum atomic E-state index is 3.55. The van der Waals surface area contributed by atoms with Gasteiger partial charge in [-0.1, -0.05) is 27.2 Å². The molecule has 0 aromatic rings. The van der Waals surface area contributed by atoms with E-state index in [1.807, 2.05) is 0 Å². The van der Waals surface area contributed by atoms with Crippen LogP contribution >= 0.6 is 0 Å². The number of rotatable bonds is 7. The highest BCUT2D eigenvalue weighted by Crippen LogP contribution is 2.19. The van der Waals surface area contributed by atoms with Crippen LogP contribution in [0.2, 0.25) is 0 Å². The van der Waals surface area contributed by atoms with Gasteiger partial charge >= 0.3 is 0 Å². The van der Waals surface area contributed by atoms with Gasteiger partial charge in [0.05, 0.1) is 0 Å². The van der Waals surface area contributed by atoms with Crippen LogP contribution in [0.4, 0.5) is 0 Å². The van der Waals surface area contributed by atoms with Gasteiger partial charge in [0.2, 0.25) is 0 Å². The summed E-state index contributed by atoms with van der Waals surface area (Å²) in [6.45, 7) is 13.2. The molecule has 0 aromatic carbocycles. The molecule has 0 amide bonds. The monoisotopic (exact) mass is 226 g/mol. The van der Waals surface area contributed by atoms with Crippen molar-refractivity contribution in [1.82, 2.24) is 10.2 Å². The number of likely N-dealkylation sites (tertiary alicyclic amines) is 1. The fraction of sp³-hybridized carbons (Fsp3) is 1.00. The summed E-state index contributed by atoms with van der Waals surface area (Å²) < 4.78 is 0. The van der Waals surface area contributed by atoms with Gasteiger partial charge in [0, 0.05) is 13.1 Å². The van der Waals surface area contributed by atoms with Crippen molar-refractivity contribution in [3.05, 3.63) is 0 Å². The summed E-state index contributed by atoms with van der Waals surface area (Å²) in [5.74, 6) is 1.83. The third-order valence-corrected chi connectivity index (χ3v) is 3.79. The lowest BCUT2D eigenvalue weighted by Gasteiger charge is -2.31. The molecule has 0 bridgehead atoms. The van der Waals surface area contributed by atoms with Crippen molar-refractivity contribution < 1.29 is 0 Å². The molecule has 96 valence electrons. The van der Waals surface area contributed by atoms with Crippen molar-refractivity contribution in [2.45, 2.75) is 46.5 Å². The Morgan fingerprint density at radius 1 is 1.19 bits per heavy atom. The number of nitrogens with zero attached hydrogens (tertiary/aromatic N) is 1. The van der Waals surface area contributed by atoms with Crippen LogP contribution in [-0.2, 0) is 0 Å². The third kappa shape index (κ3) is 5.86. The minimum Gasteiger partial charge on any atom is -0.315 e. The number of nitrogens with one attached hydrogen (secondary N) is 1. The summed E-state index contributed by atoms with van der Waals surface area (Å²) in [5.41, 5.74) is 0. The van der Waals surface area contributed by atoms with E-state index in [1.165, 1.54) is 58.4 Å². The van der Waals surface area contributed by atoms with Crippen LogP contribution in [0.1, 0.15) is 46.5 Å². The number of hydrogen-bond donors (Lipinski definition) is 1. The van der Waals surface area contributed by atoms with E-state index in [4.69, 9.17) is 0 Å². The normalized spacial score (nSPS) is 19.5. The molecule has 1 rings (SSSR count). The molecule has 2 nitrogen and oxygen atoms in total. The van der Waals surface area contributed by atoms with E-state index < -0.39 is 0 Å². The van der Waals surface area contributed by atoms with Gasteiger partial charge in [-0.2, -0.15) is 0 Å². The summed E-state index contributed by atoms with van der Waals surface area (Å²) in [6.07, 6.45) is 5.52. The fourth-order valence-electron chi connectivity index (χ4n) is 2.37. The molecule has 2 heteroatoms. The van der Waals surface area contributed by atoms with Crippen LogP contribution in [0.5, 0.6) is 0 Å². The molecule has 0 atom stereocenters. The highest BCUT2D eigenvalue weighted by atomic mass is 15.1. The van der Waals surface area contributed by atoms with E-state index >= 15 is 0 Å². The Bertz CT molecular complexity index is 160. The molecule has 0 unspecified atom stereocenters. The standard InChI is InChI=1S/C14H30N2/c1-4-14-6-10-16(11-7-14)12-9-15-8-5-13(2)3/h13-15H,4-12H2,1-3H3. The lowest BCUT2D eigenvalue weighted by Crippen LogP contribution is -2.38. The van der Waals surface area contributed by atoms with Crippen LogP contribution in [0.25, 0.3) is 0 Å². The predicted molar refractivity (Wildman–Crippen MR) is 71.8 cm³/mol. The van der Waals surface area contributed by atoms with Gasteiger partial charge in [-0.3, -0.25) is 0 Å². The molecule has 0 spiro atoms. The Labute approximate surface area is 102 Å². The second kappa shape index (κ2) is 8.08. The second-order valence-corrected chi connectivity index (χ2v) is 5.63. The van der Waals surface area contributed by atoms with Crippen LogP contribution in [0, 0.1) is 11.8 Å². The Hall–Kier alpha value is -0.0800. The van der Waals surface area contributed by atoms with Crippen molar-refractivity contribution in [2.75, 3.05) is 32.7 Å². The summed E-state index contributed by atoms with van der Waals surface area (Å²) in [5, 5.41) is 3.55. The van der Waals surface area contributed by atoms with Crippen molar-refractivity contribution in [3.63, 3.8) is 0 Å². The molecule has 1 aliphatic rings. The van der Waals surface area contributed by atoms with Crippen molar-refractivity contribution in [2.24, 2.45) is 11.8 Å². The molecule has 0 radical (unpaired) electrons. The van der Waals surface area contributed by atoms with Crippen molar-refractivity contribution in [3.8, 4) is 0 Å². The molecule has 1 heterocycles. The maximum absolute atomic E-state index is 3.55. The van der Waals surface area contributed by atoms with Gasteiger partial charge < -0.3 is 10.2 Å². The summed E-state index contributed by atoms with van der Waals surface area (Å²) >= 11 is 0. The molecule has 1 fully saturated rings. The van der Waals surface area contributed by atoms with Gasteiger partial charge in [-0.25, -0.2) is 0 Å². The second-order valence-electron chi connectivity index (χ2n) is 5.63. The number of piperidine rings is 1. The molecular weight excluding hydrogens is 196 g/mol. The lowest BCUT2D eigenvalue weighted by molar-refractivity contribution is 0.182. The van der Waals surface area contributed by atoms with Gasteiger partial charge in [0.25, 0.3) is 0 Å². The van der Waals surface area contributed by atoms with Gasteiger partial charge in [-0.15, -0.1) is 0 Å². The highest BCUT2D eigenvalue weighted by molar-refractivity contribution is 4.71. The smallest absolute Gasteiger partial charge is 0.0107 e. The van der Waals surface area contributed by atoms with E-state index in [0.717, 1.165) is 11.8 Å². The third-order valence-electron chi connectivity index (χ3n) is 3.79. The van der Waals surface area contributed by atoms with E-state index in [0.29, 0.717) is 0 Å². The zero-order chi connectivity index (χ0) is 11.8. The van der Waals surface area contributed by atoms with Crippen LogP contribution in [0.3, 0.4) is 0 Å². The molecule has 0 saturated carbocycles. The number of hydrogen-bond acceptors (Lipinski definition) is 2. The molecule has 16 heavy (non-hydrogen) atoms. The Balaban J connectivity index is 1.94. The quantitative estimate of drug-likeness (QED) is 0.672. The zero-order valence-corrected chi connectivity index (χ0v) is 11.5. The molecule has 1 aliphatic heterocycles.